The minimum absolute atomic E-state index is 0.00858. The van der Waals surface area contributed by atoms with E-state index in [1.807, 2.05) is 93.6 Å². The third-order valence-corrected chi connectivity index (χ3v) is 4.93. The lowest BCUT2D eigenvalue weighted by atomic mass is 10.1. The Morgan fingerprint density at radius 2 is 1.40 bits per heavy atom. The Kier molecular flexibility index (Phi) is 6.99. The van der Waals surface area contributed by atoms with Gasteiger partial charge < -0.3 is 10.6 Å². The van der Waals surface area contributed by atoms with E-state index in [0.717, 1.165) is 27.9 Å². The molecule has 0 aromatic heterocycles. The number of aryl methyl sites for hydroxylation is 3. The van der Waals surface area contributed by atoms with Gasteiger partial charge in [-0.2, -0.15) is 0 Å². The van der Waals surface area contributed by atoms with Gasteiger partial charge in [-0.15, -0.1) is 0 Å². The van der Waals surface area contributed by atoms with E-state index in [9.17, 15) is 9.59 Å². The summed E-state index contributed by atoms with van der Waals surface area (Å²) in [6, 6.07) is 22.2. The molecule has 0 saturated carbocycles. The van der Waals surface area contributed by atoms with E-state index in [0.29, 0.717) is 5.69 Å². The molecule has 0 spiro atoms. The number of para-hydroxylation sites is 1. The summed E-state index contributed by atoms with van der Waals surface area (Å²) in [5.74, 6) is -0.415. The Hall–Kier alpha value is -3.44. The molecule has 5 heteroatoms. The second-order valence-electron chi connectivity index (χ2n) is 7.39. The molecule has 0 saturated heterocycles. The number of amides is 2. The van der Waals surface area contributed by atoms with Crippen LogP contribution in [0.5, 0.6) is 0 Å². The molecule has 1 atom stereocenters. The van der Waals surface area contributed by atoms with Gasteiger partial charge in [-0.25, -0.2) is 0 Å². The molecule has 0 fully saturated rings. The Morgan fingerprint density at radius 3 is 2.03 bits per heavy atom. The zero-order chi connectivity index (χ0) is 21.5. The highest BCUT2D eigenvalue weighted by Crippen LogP contribution is 2.20. The Balaban J connectivity index is 1.70. The minimum atomic E-state index is -0.656. The number of hydrogen-bond donors (Lipinski definition) is 3. The van der Waals surface area contributed by atoms with Crippen LogP contribution in [0.1, 0.15) is 28.3 Å². The molecule has 3 N–H and O–H groups in total. The number of rotatable bonds is 7. The lowest BCUT2D eigenvalue weighted by Gasteiger charge is -2.19. The fourth-order valence-electron chi connectivity index (χ4n) is 3.25. The molecule has 3 aromatic rings. The van der Waals surface area contributed by atoms with E-state index in [4.69, 9.17) is 0 Å². The van der Waals surface area contributed by atoms with Crippen LogP contribution in [0.15, 0.2) is 72.8 Å². The highest BCUT2D eigenvalue weighted by Gasteiger charge is 2.21. The Labute approximate surface area is 177 Å². The first-order valence-corrected chi connectivity index (χ1v) is 9.96. The van der Waals surface area contributed by atoms with Gasteiger partial charge in [0.2, 0.25) is 11.8 Å². The quantitative estimate of drug-likeness (QED) is 0.545. The SMILES string of the molecule is Cc1ccc(NC(=O)[C@H](NCC(=O)Nc2c(C)cccc2C)c2ccccc2)cc1. The lowest BCUT2D eigenvalue weighted by molar-refractivity contribution is -0.119. The molecule has 0 radical (unpaired) electrons. The molecule has 0 unspecified atom stereocenters. The van der Waals surface area contributed by atoms with Crippen LogP contribution < -0.4 is 16.0 Å². The maximum atomic E-state index is 13.0. The van der Waals surface area contributed by atoms with E-state index < -0.39 is 6.04 Å². The van der Waals surface area contributed by atoms with Crippen molar-refractivity contribution >= 4 is 23.2 Å². The van der Waals surface area contributed by atoms with Crippen LogP contribution in [0, 0.1) is 20.8 Å². The van der Waals surface area contributed by atoms with Gasteiger partial charge in [0.25, 0.3) is 0 Å². The standard InChI is InChI=1S/C25H27N3O2/c1-17-12-14-21(15-13-17)27-25(30)24(20-10-5-4-6-11-20)26-16-22(29)28-23-18(2)8-7-9-19(23)3/h4-15,24,26H,16H2,1-3H3,(H,27,30)(H,28,29)/t24-/m1/s1. The lowest BCUT2D eigenvalue weighted by Crippen LogP contribution is -2.38. The smallest absolute Gasteiger partial charge is 0.246 e. The third-order valence-electron chi connectivity index (χ3n) is 4.93. The maximum Gasteiger partial charge on any atom is 0.246 e. The molecular weight excluding hydrogens is 374 g/mol. The first kappa shape index (κ1) is 21.3. The summed E-state index contributed by atoms with van der Waals surface area (Å²) in [6.07, 6.45) is 0. The van der Waals surface area contributed by atoms with Crippen molar-refractivity contribution in [3.05, 3.63) is 95.1 Å². The summed E-state index contributed by atoms with van der Waals surface area (Å²) in [5.41, 5.74) is 5.44. The van der Waals surface area contributed by atoms with Gasteiger partial charge in [0.1, 0.15) is 6.04 Å². The van der Waals surface area contributed by atoms with Crippen LogP contribution in [0.25, 0.3) is 0 Å². The zero-order valence-corrected chi connectivity index (χ0v) is 17.5. The first-order valence-electron chi connectivity index (χ1n) is 9.96. The summed E-state index contributed by atoms with van der Waals surface area (Å²) in [4.78, 5) is 25.5. The molecule has 2 amide bonds. The van der Waals surface area contributed by atoms with E-state index in [-0.39, 0.29) is 18.4 Å². The second-order valence-corrected chi connectivity index (χ2v) is 7.39. The summed E-state index contributed by atoms with van der Waals surface area (Å²) in [6.45, 7) is 5.92. The van der Waals surface area contributed by atoms with Gasteiger partial charge >= 0.3 is 0 Å². The van der Waals surface area contributed by atoms with Crippen LogP contribution >= 0.6 is 0 Å². The average molecular weight is 402 g/mol. The van der Waals surface area contributed by atoms with Gasteiger partial charge in [-0.05, 0) is 49.6 Å². The largest absolute Gasteiger partial charge is 0.324 e. The number of nitrogens with one attached hydrogen (secondary N) is 3. The maximum absolute atomic E-state index is 13.0. The summed E-state index contributed by atoms with van der Waals surface area (Å²) >= 11 is 0. The van der Waals surface area contributed by atoms with E-state index in [1.54, 1.807) is 0 Å². The molecule has 0 aliphatic rings. The molecule has 5 nitrogen and oxygen atoms in total. The number of carbonyl (C=O) groups excluding carboxylic acids is 2. The van der Waals surface area contributed by atoms with Crippen molar-refractivity contribution in [1.29, 1.82) is 0 Å². The van der Waals surface area contributed by atoms with Gasteiger partial charge in [0.15, 0.2) is 0 Å². The van der Waals surface area contributed by atoms with E-state index >= 15 is 0 Å². The number of anilines is 2. The molecule has 0 aliphatic carbocycles. The van der Waals surface area contributed by atoms with Gasteiger partial charge in [-0.1, -0.05) is 66.2 Å². The van der Waals surface area contributed by atoms with Crippen molar-refractivity contribution in [2.24, 2.45) is 0 Å². The van der Waals surface area contributed by atoms with Gasteiger partial charge in [0.05, 0.1) is 6.54 Å². The predicted octanol–water partition coefficient (Wildman–Crippen LogP) is 4.52. The van der Waals surface area contributed by atoms with E-state index in [2.05, 4.69) is 16.0 Å². The molecule has 154 valence electrons. The molecular formula is C25H27N3O2. The van der Waals surface area contributed by atoms with Crippen LogP contribution in [0.3, 0.4) is 0 Å². The van der Waals surface area contributed by atoms with Crippen molar-refractivity contribution < 1.29 is 9.59 Å². The third kappa shape index (κ3) is 5.55. The average Bonchev–Trinajstić information content (AvgIpc) is 2.73. The van der Waals surface area contributed by atoms with E-state index in [1.165, 1.54) is 0 Å². The topological polar surface area (TPSA) is 70.2 Å². The monoisotopic (exact) mass is 401 g/mol. The number of carbonyl (C=O) groups is 2. The van der Waals surface area contributed by atoms with Crippen molar-refractivity contribution in [3.8, 4) is 0 Å². The number of benzene rings is 3. The fraction of sp³-hybridized carbons (Fsp3) is 0.200. The van der Waals surface area contributed by atoms with Crippen molar-refractivity contribution in [1.82, 2.24) is 5.32 Å². The molecule has 0 heterocycles. The normalized spacial score (nSPS) is 11.6. The van der Waals surface area contributed by atoms with Gasteiger partial charge in [-0.3, -0.25) is 14.9 Å². The van der Waals surface area contributed by atoms with Crippen molar-refractivity contribution in [3.63, 3.8) is 0 Å². The molecule has 0 aliphatic heterocycles. The molecule has 3 aromatic carbocycles. The summed E-state index contributed by atoms with van der Waals surface area (Å²) < 4.78 is 0. The van der Waals surface area contributed by atoms with Crippen LogP contribution in [0.2, 0.25) is 0 Å². The van der Waals surface area contributed by atoms with Crippen LogP contribution in [0.4, 0.5) is 11.4 Å². The van der Waals surface area contributed by atoms with Crippen molar-refractivity contribution in [2.75, 3.05) is 17.2 Å². The zero-order valence-electron chi connectivity index (χ0n) is 17.5. The summed E-state index contributed by atoms with van der Waals surface area (Å²) in [5, 5.41) is 8.98. The molecule has 3 rings (SSSR count). The van der Waals surface area contributed by atoms with Crippen molar-refractivity contribution in [2.45, 2.75) is 26.8 Å². The van der Waals surface area contributed by atoms with Crippen LogP contribution in [-0.4, -0.2) is 18.4 Å². The molecule has 30 heavy (non-hydrogen) atoms. The molecule has 0 bridgehead atoms. The first-order chi connectivity index (χ1) is 14.4. The number of hydrogen-bond acceptors (Lipinski definition) is 3. The van der Waals surface area contributed by atoms with Gasteiger partial charge in [0, 0.05) is 11.4 Å². The highest BCUT2D eigenvalue weighted by atomic mass is 16.2. The Bertz CT molecular complexity index is 994. The van der Waals surface area contributed by atoms with Crippen LogP contribution in [-0.2, 0) is 9.59 Å². The minimum Gasteiger partial charge on any atom is -0.324 e. The highest BCUT2D eigenvalue weighted by molar-refractivity contribution is 5.97. The fourth-order valence-corrected chi connectivity index (χ4v) is 3.25. The second kappa shape index (κ2) is 9.85. The predicted molar refractivity (Wildman–Crippen MR) is 122 cm³/mol. The Morgan fingerprint density at radius 1 is 0.767 bits per heavy atom. The summed E-state index contributed by atoms with van der Waals surface area (Å²) in [7, 11) is 0.